The van der Waals surface area contributed by atoms with Crippen LogP contribution in [0, 0.1) is 0 Å². The minimum atomic E-state index is -0.177. The van der Waals surface area contributed by atoms with Gasteiger partial charge in [-0.3, -0.25) is 0 Å². The molecule has 1 aromatic carbocycles. The van der Waals surface area contributed by atoms with Gasteiger partial charge in [0.25, 0.3) is 0 Å². The average molecular weight is 123 g/mol. The Morgan fingerprint density at radius 1 is 1.22 bits per heavy atom. The molecule has 0 heterocycles. The summed E-state index contributed by atoms with van der Waals surface area (Å²) in [6.07, 6.45) is 0. The molecule has 0 spiro atoms. The maximum Gasteiger partial charge on any atom is 0.0334 e. The fraction of sp³-hybridized carbons (Fsp3) is 0. The van der Waals surface area contributed by atoms with Crippen LogP contribution in [0.25, 0.3) is 0 Å². The van der Waals surface area contributed by atoms with Crippen LogP contribution in [-0.2, 0) is 0 Å². The lowest BCUT2D eigenvalue weighted by Gasteiger charge is -2.08. The largest absolute Gasteiger partial charge is 0.871 e. The van der Waals surface area contributed by atoms with Crippen LogP contribution in [0.4, 0.5) is 11.4 Å². The van der Waals surface area contributed by atoms with Crippen molar-refractivity contribution in [1.82, 2.24) is 0 Å². The zero-order valence-electron chi connectivity index (χ0n) is 4.79. The molecule has 0 radical (unpaired) electrons. The quantitative estimate of drug-likeness (QED) is 0.474. The van der Waals surface area contributed by atoms with Crippen LogP contribution in [0.2, 0.25) is 0 Å². The molecular weight excluding hydrogens is 116 g/mol. The van der Waals surface area contributed by atoms with Gasteiger partial charge in [-0.25, -0.2) is 0 Å². The second-order valence-corrected chi connectivity index (χ2v) is 1.80. The predicted molar refractivity (Wildman–Crippen MR) is 34.7 cm³/mol. The van der Waals surface area contributed by atoms with Crippen LogP contribution in [0.1, 0.15) is 0 Å². The lowest BCUT2D eigenvalue weighted by molar-refractivity contribution is -0.267. The van der Waals surface area contributed by atoms with Gasteiger partial charge in [0.2, 0.25) is 0 Å². The van der Waals surface area contributed by atoms with E-state index < -0.39 is 0 Å². The first-order valence-corrected chi connectivity index (χ1v) is 2.52. The molecule has 0 aliphatic heterocycles. The summed E-state index contributed by atoms with van der Waals surface area (Å²) in [5.74, 6) is -0.177. The molecule has 0 unspecified atom stereocenters. The van der Waals surface area contributed by atoms with Crippen molar-refractivity contribution in [3.8, 4) is 5.75 Å². The Morgan fingerprint density at radius 2 is 1.89 bits per heavy atom. The Morgan fingerprint density at radius 3 is 2.33 bits per heavy atom. The van der Waals surface area contributed by atoms with E-state index in [2.05, 4.69) is 0 Å². The van der Waals surface area contributed by atoms with E-state index in [-0.39, 0.29) is 11.4 Å². The van der Waals surface area contributed by atoms with Crippen molar-refractivity contribution in [2.75, 3.05) is 11.5 Å². The van der Waals surface area contributed by atoms with E-state index in [9.17, 15) is 5.11 Å². The summed E-state index contributed by atoms with van der Waals surface area (Å²) in [5, 5.41) is 10.6. The topological polar surface area (TPSA) is 75.1 Å². The standard InChI is InChI=1S/C6H8N2O/c7-4-1-2-6(9)5(8)3-4/h1-3,9H,7-8H2/p-1. The zero-order valence-corrected chi connectivity index (χ0v) is 4.79. The number of hydrogen-bond donors (Lipinski definition) is 2. The first-order valence-electron chi connectivity index (χ1n) is 2.52. The summed E-state index contributed by atoms with van der Waals surface area (Å²) in [4.78, 5) is 0. The van der Waals surface area contributed by atoms with Crippen LogP contribution in [0.5, 0.6) is 5.75 Å². The zero-order chi connectivity index (χ0) is 6.85. The minimum absolute atomic E-state index is 0.177. The van der Waals surface area contributed by atoms with E-state index in [1.165, 1.54) is 18.2 Å². The van der Waals surface area contributed by atoms with Crippen molar-refractivity contribution in [3.05, 3.63) is 18.2 Å². The van der Waals surface area contributed by atoms with Crippen molar-refractivity contribution >= 4 is 11.4 Å². The van der Waals surface area contributed by atoms with Gasteiger partial charge in [-0.05, 0) is 12.1 Å². The molecular formula is C6H7N2O-. The molecule has 0 saturated carbocycles. The Kier molecular flexibility index (Phi) is 1.18. The Bertz CT molecular complexity index is 222. The van der Waals surface area contributed by atoms with Gasteiger partial charge in [0.1, 0.15) is 0 Å². The highest BCUT2D eigenvalue weighted by Crippen LogP contribution is 2.17. The second kappa shape index (κ2) is 1.85. The Labute approximate surface area is 52.9 Å². The normalized spacial score (nSPS) is 9.33. The van der Waals surface area contributed by atoms with Gasteiger partial charge >= 0.3 is 0 Å². The number of anilines is 2. The average Bonchev–Trinajstić information content (AvgIpc) is 1.80. The van der Waals surface area contributed by atoms with Crippen molar-refractivity contribution in [2.24, 2.45) is 0 Å². The van der Waals surface area contributed by atoms with Crippen molar-refractivity contribution < 1.29 is 5.11 Å². The van der Waals surface area contributed by atoms with Crippen LogP contribution >= 0.6 is 0 Å². The molecule has 0 saturated heterocycles. The smallest absolute Gasteiger partial charge is 0.0334 e. The Hall–Kier alpha value is -1.38. The number of rotatable bonds is 0. The van der Waals surface area contributed by atoms with E-state index in [1.54, 1.807) is 0 Å². The van der Waals surface area contributed by atoms with E-state index >= 15 is 0 Å². The number of benzene rings is 1. The van der Waals surface area contributed by atoms with Crippen LogP contribution < -0.4 is 16.6 Å². The SMILES string of the molecule is Nc1ccc([O-])c(N)c1. The van der Waals surface area contributed by atoms with Gasteiger partial charge in [0, 0.05) is 11.4 Å². The lowest BCUT2D eigenvalue weighted by atomic mass is 10.3. The van der Waals surface area contributed by atoms with Crippen LogP contribution in [0.15, 0.2) is 18.2 Å². The molecule has 0 atom stereocenters. The third-order valence-electron chi connectivity index (χ3n) is 1.03. The van der Waals surface area contributed by atoms with Crippen molar-refractivity contribution in [3.63, 3.8) is 0 Å². The highest BCUT2D eigenvalue weighted by molar-refractivity contribution is 5.59. The van der Waals surface area contributed by atoms with Gasteiger partial charge < -0.3 is 16.6 Å². The summed E-state index contributed by atoms with van der Waals surface area (Å²) in [6, 6.07) is 4.33. The maximum atomic E-state index is 10.6. The summed E-state index contributed by atoms with van der Waals surface area (Å²) < 4.78 is 0. The molecule has 0 fully saturated rings. The molecule has 0 aliphatic rings. The molecule has 3 heteroatoms. The summed E-state index contributed by atoms with van der Waals surface area (Å²) in [6.45, 7) is 0. The highest BCUT2D eigenvalue weighted by Gasteiger charge is 1.85. The molecule has 0 aromatic heterocycles. The van der Waals surface area contributed by atoms with E-state index in [0.29, 0.717) is 5.69 Å². The van der Waals surface area contributed by atoms with Crippen molar-refractivity contribution in [2.45, 2.75) is 0 Å². The molecule has 3 nitrogen and oxygen atoms in total. The second-order valence-electron chi connectivity index (χ2n) is 1.80. The fourth-order valence-electron chi connectivity index (χ4n) is 0.567. The molecule has 4 N–H and O–H groups in total. The number of nitrogens with two attached hydrogens (primary N) is 2. The highest BCUT2D eigenvalue weighted by atomic mass is 16.3. The van der Waals surface area contributed by atoms with Gasteiger partial charge in [-0.15, -0.1) is 0 Å². The van der Waals surface area contributed by atoms with Gasteiger partial charge in [0.05, 0.1) is 0 Å². The van der Waals surface area contributed by atoms with Gasteiger partial charge in [0.15, 0.2) is 0 Å². The molecule has 9 heavy (non-hydrogen) atoms. The molecule has 0 amide bonds. The number of hydrogen-bond acceptors (Lipinski definition) is 3. The van der Waals surface area contributed by atoms with Gasteiger partial charge in [-0.2, -0.15) is 0 Å². The number of nitrogen functional groups attached to an aromatic ring is 2. The fourth-order valence-corrected chi connectivity index (χ4v) is 0.567. The van der Waals surface area contributed by atoms with Crippen molar-refractivity contribution in [1.29, 1.82) is 0 Å². The first kappa shape index (κ1) is 5.75. The Balaban J connectivity index is 3.17. The maximum absolute atomic E-state index is 10.6. The van der Waals surface area contributed by atoms with Gasteiger partial charge in [-0.1, -0.05) is 11.8 Å². The van der Waals surface area contributed by atoms with E-state index in [4.69, 9.17) is 11.5 Å². The van der Waals surface area contributed by atoms with Crippen LogP contribution in [-0.4, -0.2) is 0 Å². The third-order valence-corrected chi connectivity index (χ3v) is 1.03. The van der Waals surface area contributed by atoms with E-state index in [0.717, 1.165) is 0 Å². The lowest BCUT2D eigenvalue weighted by Crippen LogP contribution is -1.97. The molecule has 0 bridgehead atoms. The summed E-state index contributed by atoms with van der Waals surface area (Å²) in [7, 11) is 0. The summed E-state index contributed by atoms with van der Waals surface area (Å²) >= 11 is 0. The minimum Gasteiger partial charge on any atom is -0.871 e. The monoisotopic (exact) mass is 123 g/mol. The van der Waals surface area contributed by atoms with E-state index in [1.807, 2.05) is 0 Å². The molecule has 0 aliphatic carbocycles. The molecule has 1 aromatic rings. The predicted octanol–water partition coefficient (Wildman–Crippen LogP) is -0.0754. The molecule has 1 rings (SSSR count). The summed E-state index contributed by atoms with van der Waals surface area (Å²) in [5.41, 5.74) is 11.3. The third kappa shape index (κ3) is 1.05. The first-order chi connectivity index (χ1) is 4.20. The van der Waals surface area contributed by atoms with Crippen LogP contribution in [0.3, 0.4) is 0 Å². The molecule has 48 valence electrons.